The Kier molecular flexibility index (Phi) is 4.60. The Labute approximate surface area is 166 Å². The standard InChI is InChI=1S/C23H29N3O2/c1-2-5-22(27)24-12-18-19-14-26(15-23(19)11-10-21(18)28-23)13-17-9-8-16-6-3-4-7-20(16)25-17/h3-4,6-9,18-19,21H,2,5,10-15H2,1H3,(H,24,27)/t18-,19+,21+,23+/m0/s1. The van der Waals surface area contributed by atoms with Crippen molar-refractivity contribution >= 4 is 16.8 Å². The SMILES string of the molecule is CCCC(=O)NC[C@H]1[C@H]2CN(Cc3ccc4ccccc4n3)C[C@]23CC[C@H]1O3. The first-order chi connectivity index (χ1) is 13.7. The summed E-state index contributed by atoms with van der Waals surface area (Å²) in [5.74, 6) is 1.15. The zero-order valence-electron chi connectivity index (χ0n) is 16.6. The number of ether oxygens (including phenoxy) is 1. The molecule has 4 heterocycles. The van der Waals surface area contributed by atoms with Crippen molar-refractivity contribution in [2.24, 2.45) is 11.8 Å². The molecule has 5 heteroatoms. The normalized spacial score (nSPS) is 31.4. The van der Waals surface area contributed by atoms with Crippen LogP contribution in [0.2, 0.25) is 0 Å². The topological polar surface area (TPSA) is 54.5 Å². The van der Waals surface area contributed by atoms with E-state index in [1.54, 1.807) is 0 Å². The number of hydrogen-bond donors (Lipinski definition) is 1. The molecule has 0 saturated carbocycles. The van der Waals surface area contributed by atoms with E-state index in [1.807, 2.05) is 13.0 Å². The molecule has 0 radical (unpaired) electrons. The highest BCUT2D eigenvalue weighted by Gasteiger charge is 2.62. The quantitative estimate of drug-likeness (QED) is 0.838. The van der Waals surface area contributed by atoms with Gasteiger partial charge in [0.1, 0.15) is 0 Å². The molecule has 2 bridgehead atoms. The van der Waals surface area contributed by atoms with Gasteiger partial charge in [0.15, 0.2) is 0 Å². The summed E-state index contributed by atoms with van der Waals surface area (Å²) in [7, 11) is 0. The molecule has 3 saturated heterocycles. The molecule has 0 aliphatic carbocycles. The molecule has 5 nitrogen and oxygen atoms in total. The van der Waals surface area contributed by atoms with Gasteiger partial charge < -0.3 is 10.1 Å². The molecular formula is C23H29N3O2. The van der Waals surface area contributed by atoms with Gasteiger partial charge in [-0.1, -0.05) is 31.2 Å². The van der Waals surface area contributed by atoms with Crippen molar-refractivity contribution < 1.29 is 9.53 Å². The average molecular weight is 380 g/mol. The second-order valence-corrected chi connectivity index (χ2v) is 8.75. The van der Waals surface area contributed by atoms with Crippen molar-refractivity contribution in [2.75, 3.05) is 19.6 Å². The Morgan fingerprint density at radius 3 is 3.11 bits per heavy atom. The third-order valence-corrected chi connectivity index (χ3v) is 6.91. The van der Waals surface area contributed by atoms with Crippen LogP contribution in [0.4, 0.5) is 0 Å². The maximum Gasteiger partial charge on any atom is 0.219 e. The number of rotatable bonds is 6. The molecule has 148 valence electrons. The molecule has 5 rings (SSSR count). The number of aromatic nitrogens is 1. The second kappa shape index (κ2) is 7.12. The van der Waals surface area contributed by atoms with Crippen molar-refractivity contribution in [3.63, 3.8) is 0 Å². The van der Waals surface area contributed by atoms with E-state index in [1.165, 1.54) is 5.39 Å². The smallest absolute Gasteiger partial charge is 0.219 e. The molecular weight excluding hydrogens is 350 g/mol. The van der Waals surface area contributed by atoms with Gasteiger partial charge in [-0.05, 0) is 31.4 Å². The molecule has 0 unspecified atom stereocenters. The lowest BCUT2D eigenvalue weighted by Crippen LogP contribution is -2.41. The summed E-state index contributed by atoms with van der Waals surface area (Å²) in [4.78, 5) is 19.3. The number of benzene rings is 1. The van der Waals surface area contributed by atoms with E-state index in [2.05, 4.69) is 40.5 Å². The highest BCUT2D eigenvalue weighted by molar-refractivity contribution is 5.78. The molecule has 1 aromatic heterocycles. The number of pyridine rings is 1. The first-order valence-corrected chi connectivity index (χ1v) is 10.7. The number of likely N-dealkylation sites (tertiary alicyclic amines) is 1. The van der Waals surface area contributed by atoms with Crippen molar-refractivity contribution in [1.29, 1.82) is 0 Å². The lowest BCUT2D eigenvalue weighted by atomic mass is 9.73. The van der Waals surface area contributed by atoms with Gasteiger partial charge in [0.2, 0.25) is 5.91 Å². The average Bonchev–Trinajstić information content (AvgIpc) is 3.34. The highest BCUT2D eigenvalue weighted by Crippen LogP contribution is 2.54. The molecule has 28 heavy (non-hydrogen) atoms. The molecule has 3 fully saturated rings. The largest absolute Gasteiger partial charge is 0.370 e. The Bertz CT molecular complexity index is 885. The van der Waals surface area contributed by atoms with E-state index in [0.717, 1.165) is 56.7 Å². The van der Waals surface area contributed by atoms with E-state index in [9.17, 15) is 4.79 Å². The van der Waals surface area contributed by atoms with Gasteiger partial charge in [-0.15, -0.1) is 0 Å². The number of fused-ring (bicyclic) bond motifs is 2. The summed E-state index contributed by atoms with van der Waals surface area (Å²) >= 11 is 0. The third kappa shape index (κ3) is 3.11. The van der Waals surface area contributed by atoms with Crippen LogP contribution in [-0.2, 0) is 16.1 Å². The lowest BCUT2D eigenvalue weighted by Gasteiger charge is -2.29. The fourth-order valence-electron chi connectivity index (χ4n) is 5.65. The second-order valence-electron chi connectivity index (χ2n) is 8.75. The summed E-state index contributed by atoms with van der Waals surface area (Å²) in [6.07, 6.45) is 4.13. The molecule has 1 N–H and O–H groups in total. The minimum absolute atomic E-state index is 0.00165. The number of amides is 1. The van der Waals surface area contributed by atoms with E-state index in [0.29, 0.717) is 24.4 Å². The monoisotopic (exact) mass is 379 g/mol. The van der Waals surface area contributed by atoms with Crippen LogP contribution in [0.15, 0.2) is 36.4 Å². The summed E-state index contributed by atoms with van der Waals surface area (Å²) in [6, 6.07) is 12.6. The molecule has 1 aromatic carbocycles. The molecule has 1 amide bonds. The summed E-state index contributed by atoms with van der Waals surface area (Å²) in [5.41, 5.74) is 2.19. The van der Waals surface area contributed by atoms with E-state index in [4.69, 9.17) is 9.72 Å². The predicted molar refractivity (Wildman–Crippen MR) is 109 cm³/mol. The van der Waals surface area contributed by atoms with Crippen molar-refractivity contribution in [3.8, 4) is 0 Å². The summed E-state index contributed by atoms with van der Waals surface area (Å²) in [6.45, 7) is 5.70. The highest BCUT2D eigenvalue weighted by atomic mass is 16.5. The Hall–Kier alpha value is -1.98. The van der Waals surface area contributed by atoms with Gasteiger partial charge in [-0.2, -0.15) is 0 Å². The Morgan fingerprint density at radius 2 is 2.21 bits per heavy atom. The predicted octanol–water partition coefficient (Wildman–Crippen LogP) is 3.13. The minimum atomic E-state index is 0.00165. The van der Waals surface area contributed by atoms with Gasteiger partial charge in [0, 0.05) is 49.8 Å². The van der Waals surface area contributed by atoms with Gasteiger partial charge in [0.25, 0.3) is 0 Å². The molecule has 4 atom stereocenters. The van der Waals surface area contributed by atoms with Crippen LogP contribution >= 0.6 is 0 Å². The maximum absolute atomic E-state index is 11.9. The number of hydrogen-bond acceptors (Lipinski definition) is 4. The number of carbonyl (C=O) groups excluding carboxylic acids is 1. The van der Waals surface area contributed by atoms with Crippen molar-refractivity contribution in [3.05, 3.63) is 42.1 Å². The number of para-hydroxylation sites is 1. The summed E-state index contributed by atoms with van der Waals surface area (Å²) < 4.78 is 6.51. The van der Waals surface area contributed by atoms with Gasteiger partial charge >= 0.3 is 0 Å². The molecule has 2 aromatic rings. The van der Waals surface area contributed by atoms with Gasteiger partial charge in [-0.3, -0.25) is 14.7 Å². The Morgan fingerprint density at radius 1 is 1.32 bits per heavy atom. The molecule has 3 aliphatic rings. The Balaban J connectivity index is 1.27. The fraction of sp³-hybridized carbons (Fsp3) is 0.565. The van der Waals surface area contributed by atoms with Gasteiger partial charge in [0.05, 0.1) is 22.9 Å². The summed E-state index contributed by atoms with van der Waals surface area (Å²) in [5, 5.41) is 4.34. The number of carbonyl (C=O) groups is 1. The van der Waals surface area contributed by atoms with Gasteiger partial charge in [-0.25, -0.2) is 0 Å². The van der Waals surface area contributed by atoms with Crippen LogP contribution in [0.1, 0.15) is 38.3 Å². The van der Waals surface area contributed by atoms with Crippen LogP contribution in [0.25, 0.3) is 10.9 Å². The fourth-order valence-corrected chi connectivity index (χ4v) is 5.65. The van der Waals surface area contributed by atoms with Crippen molar-refractivity contribution in [1.82, 2.24) is 15.2 Å². The van der Waals surface area contributed by atoms with Crippen LogP contribution in [0.5, 0.6) is 0 Å². The lowest BCUT2D eigenvalue weighted by molar-refractivity contribution is -0.121. The first-order valence-electron chi connectivity index (χ1n) is 10.7. The number of nitrogens with zero attached hydrogens (tertiary/aromatic N) is 2. The molecule has 3 aliphatic heterocycles. The van der Waals surface area contributed by atoms with E-state index in [-0.39, 0.29) is 11.5 Å². The number of nitrogens with one attached hydrogen (secondary N) is 1. The van der Waals surface area contributed by atoms with Crippen molar-refractivity contribution in [2.45, 2.75) is 50.9 Å². The minimum Gasteiger partial charge on any atom is -0.370 e. The zero-order valence-corrected chi connectivity index (χ0v) is 16.6. The first kappa shape index (κ1) is 18.1. The van der Waals surface area contributed by atoms with E-state index < -0.39 is 0 Å². The molecule has 1 spiro atoms. The van der Waals surface area contributed by atoms with Crippen LogP contribution in [0, 0.1) is 11.8 Å². The van der Waals surface area contributed by atoms with Crippen LogP contribution < -0.4 is 5.32 Å². The van der Waals surface area contributed by atoms with E-state index >= 15 is 0 Å². The zero-order chi connectivity index (χ0) is 19.1. The van der Waals surface area contributed by atoms with Crippen LogP contribution in [0.3, 0.4) is 0 Å². The third-order valence-electron chi connectivity index (χ3n) is 6.91. The maximum atomic E-state index is 11.9. The van der Waals surface area contributed by atoms with Crippen LogP contribution in [-0.4, -0.2) is 47.1 Å².